The van der Waals surface area contributed by atoms with Gasteiger partial charge in [-0.3, -0.25) is 9.69 Å². The van der Waals surface area contributed by atoms with Crippen LogP contribution in [0, 0.1) is 11.8 Å². The van der Waals surface area contributed by atoms with Crippen LogP contribution in [0.4, 0.5) is 0 Å². The summed E-state index contributed by atoms with van der Waals surface area (Å²) in [7, 11) is 0. The highest BCUT2D eigenvalue weighted by molar-refractivity contribution is 5.83. The molecule has 1 saturated carbocycles. The van der Waals surface area contributed by atoms with E-state index in [1.54, 1.807) is 0 Å². The topological polar surface area (TPSA) is 32.3 Å². The molecule has 3 nitrogen and oxygen atoms in total. The average molecular weight is 238 g/mol. The number of carbonyl (C=O) groups is 1. The Morgan fingerprint density at radius 1 is 1.24 bits per heavy atom. The van der Waals surface area contributed by atoms with E-state index in [0.29, 0.717) is 24.2 Å². The Hall–Kier alpha value is -0.410. The van der Waals surface area contributed by atoms with E-state index in [1.807, 2.05) is 0 Å². The monoisotopic (exact) mass is 238 g/mol. The van der Waals surface area contributed by atoms with Crippen LogP contribution in [0.3, 0.4) is 0 Å². The molecule has 1 saturated heterocycles. The lowest BCUT2D eigenvalue weighted by molar-refractivity contribution is -0.127. The minimum Gasteiger partial charge on any atom is -0.314 e. The van der Waals surface area contributed by atoms with Crippen molar-refractivity contribution in [1.29, 1.82) is 0 Å². The van der Waals surface area contributed by atoms with Gasteiger partial charge in [-0.2, -0.15) is 0 Å². The molecule has 0 radical (unpaired) electrons. The maximum atomic E-state index is 12.4. The Kier molecular flexibility index (Phi) is 4.99. The van der Waals surface area contributed by atoms with Crippen LogP contribution in [0.1, 0.15) is 39.0 Å². The van der Waals surface area contributed by atoms with E-state index in [2.05, 4.69) is 17.1 Å². The highest BCUT2D eigenvalue weighted by Gasteiger charge is 2.30. The Bertz CT molecular complexity index is 249. The van der Waals surface area contributed by atoms with E-state index in [-0.39, 0.29) is 0 Å². The third-order valence-corrected chi connectivity index (χ3v) is 4.44. The molecule has 0 aromatic carbocycles. The van der Waals surface area contributed by atoms with Crippen molar-refractivity contribution in [2.75, 3.05) is 32.7 Å². The lowest BCUT2D eigenvalue weighted by atomic mass is 9.75. The Labute approximate surface area is 105 Å². The number of nitrogens with zero attached hydrogens (tertiary/aromatic N) is 1. The van der Waals surface area contributed by atoms with E-state index in [1.165, 1.54) is 25.7 Å². The summed E-state index contributed by atoms with van der Waals surface area (Å²) in [6.07, 6.45) is 6.18. The third-order valence-electron chi connectivity index (χ3n) is 4.44. The smallest absolute Gasteiger partial charge is 0.150 e. The number of rotatable bonds is 4. The zero-order valence-corrected chi connectivity index (χ0v) is 11.1. The second-order valence-electron chi connectivity index (χ2n) is 5.55. The Morgan fingerprint density at radius 3 is 2.65 bits per heavy atom. The Morgan fingerprint density at radius 2 is 1.94 bits per heavy atom. The average Bonchev–Trinajstić information content (AvgIpc) is 2.40. The second kappa shape index (κ2) is 6.50. The van der Waals surface area contributed by atoms with E-state index >= 15 is 0 Å². The number of hydrogen-bond acceptors (Lipinski definition) is 3. The van der Waals surface area contributed by atoms with Crippen molar-refractivity contribution >= 4 is 5.78 Å². The van der Waals surface area contributed by atoms with Gasteiger partial charge in [-0.05, 0) is 18.8 Å². The lowest BCUT2D eigenvalue weighted by Gasteiger charge is -2.33. The van der Waals surface area contributed by atoms with Gasteiger partial charge in [-0.15, -0.1) is 0 Å². The molecule has 2 unspecified atom stereocenters. The minimum atomic E-state index is 0.364. The fourth-order valence-electron chi connectivity index (χ4n) is 3.33. The van der Waals surface area contributed by atoms with Crippen molar-refractivity contribution in [2.45, 2.75) is 39.0 Å². The minimum absolute atomic E-state index is 0.364. The fraction of sp³-hybridized carbons (Fsp3) is 0.929. The highest BCUT2D eigenvalue weighted by Crippen LogP contribution is 2.32. The van der Waals surface area contributed by atoms with Crippen LogP contribution >= 0.6 is 0 Å². The SMILES string of the molecule is CCC1CCCCC1C(=O)CN1CCNCC1. The van der Waals surface area contributed by atoms with Gasteiger partial charge < -0.3 is 5.32 Å². The predicted molar refractivity (Wildman–Crippen MR) is 70.1 cm³/mol. The molecule has 3 heteroatoms. The summed E-state index contributed by atoms with van der Waals surface area (Å²) in [5.74, 6) is 1.54. The summed E-state index contributed by atoms with van der Waals surface area (Å²) >= 11 is 0. The number of ketones is 1. The summed E-state index contributed by atoms with van der Waals surface area (Å²) < 4.78 is 0. The molecule has 2 atom stereocenters. The van der Waals surface area contributed by atoms with E-state index < -0.39 is 0 Å². The van der Waals surface area contributed by atoms with Gasteiger partial charge in [-0.25, -0.2) is 0 Å². The molecule has 17 heavy (non-hydrogen) atoms. The summed E-state index contributed by atoms with van der Waals surface area (Å²) in [6.45, 7) is 7.08. The van der Waals surface area contributed by atoms with Crippen LogP contribution in [0.15, 0.2) is 0 Å². The van der Waals surface area contributed by atoms with Crippen LogP contribution in [-0.4, -0.2) is 43.4 Å². The normalized spacial score (nSPS) is 31.4. The number of carbonyl (C=O) groups excluding carboxylic acids is 1. The van der Waals surface area contributed by atoms with Crippen LogP contribution < -0.4 is 5.32 Å². The van der Waals surface area contributed by atoms with Crippen molar-refractivity contribution in [3.05, 3.63) is 0 Å². The number of piperazine rings is 1. The first-order valence-electron chi connectivity index (χ1n) is 7.27. The molecular formula is C14H26N2O. The molecule has 0 spiro atoms. The summed E-state index contributed by atoms with van der Waals surface area (Å²) in [4.78, 5) is 14.7. The van der Waals surface area contributed by atoms with Gasteiger partial charge >= 0.3 is 0 Å². The highest BCUT2D eigenvalue weighted by atomic mass is 16.1. The zero-order valence-electron chi connectivity index (χ0n) is 11.1. The maximum absolute atomic E-state index is 12.4. The van der Waals surface area contributed by atoms with Gasteiger partial charge in [-0.1, -0.05) is 26.2 Å². The molecule has 0 aromatic heterocycles. The summed E-state index contributed by atoms with van der Waals surface area (Å²) in [5, 5.41) is 3.33. The largest absolute Gasteiger partial charge is 0.314 e. The van der Waals surface area contributed by atoms with Crippen LogP contribution in [0.25, 0.3) is 0 Å². The van der Waals surface area contributed by atoms with Crippen molar-refractivity contribution in [1.82, 2.24) is 10.2 Å². The molecule has 1 N–H and O–H groups in total. The number of Topliss-reactive ketones (excluding diaryl/α,β-unsaturated/α-hetero) is 1. The maximum Gasteiger partial charge on any atom is 0.150 e. The van der Waals surface area contributed by atoms with Crippen molar-refractivity contribution < 1.29 is 4.79 Å². The molecule has 1 heterocycles. The summed E-state index contributed by atoms with van der Waals surface area (Å²) in [5.41, 5.74) is 0. The van der Waals surface area contributed by atoms with Gasteiger partial charge in [0, 0.05) is 32.1 Å². The quantitative estimate of drug-likeness (QED) is 0.809. The number of hydrogen-bond donors (Lipinski definition) is 1. The van der Waals surface area contributed by atoms with Crippen LogP contribution in [0.2, 0.25) is 0 Å². The van der Waals surface area contributed by atoms with Crippen LogP contribution in [0.5, 0.6) is 0 Å². The van der Waals surface area contributed by atoms with E-state index in [4.69, 9.17) is 0 Å². The van der Waals surface area contributed by atoms with Gasteiger partial charge in [0.25, 0.3) is 0 Å². The molecule has 1 aliphatic carbocycles. The van der Waals surface area contributed by atoms with Crippen molar-refractivity contribution in [3.8, 4) is 0 Å². The molecule has 0 aromatic rings. The van der Waals surface area contributed by atoms with E-state index in [9.17, 15) is 4.79 Å². The first-order chi connectivity index (χ1) is 8.31. The molecule has 0 bridgehead atoms. The molecule has 2 aliphatic rings. The summed E-state index contributed by atoms with van der Waals surface area (Å²) in [6, 6.07) is 0. The molecule has 2 fully saturated rings. The van der Waals surface area contributed by atoms with Crippen molar-refractivity contribution in [2.24, 2.45) is 11.8 Å². The first-order valence-corrected chi connectivity index (χ1v) is 7.27. The van der Waals surface area contributed by atoms with Gasteiger partial charge in [0.1, 0.15) is 5.78 Å². The van der Waals surface area contributed by atoms with Crippen LogP contribution in [-0.2, 0) is 4.79 Å². The van der Waals surface area contributed by atoms with Crippen molar-refractivity contribution in [3.63, 3.8) is 0 Å². The van der Waals surface area contributed by atoms with Gasteiger partial charge in [0.05, 0.1) is 6.54 Å². The lowest BCUT2D eigenvalue weighted by Crippen LogP contribution is -2.47. The fourth-order valence-corrected chi connectivity index (χ4v) is 3.33. The predicted octanol–water partition coefficient (Wildman–Crippen LogP) is 1.68. The third kappa shape index (κ3) is 3.52. The first kappa shape index (κ1) is 13.0. The Balaban J connectivity index is 1.84. The zero-order chi connectivity index (χ0) is 12.1. The molecule has 1 aliphatic heterocycles. The number of nitrogens with one attached hydrogen (secondary N) is 1. The molecule has 98 valence electrons. The molecule has 2 rings (SSSR count). The van der Waals surface area contributed by atoms with Gasteiger partial charge in [0.2, 0.25) is 0 Å². The molecular weight excluding hydrogens is 212 g/mol. The van der Waals surface area contributed by atoms with E-state index in [0.717, 1.165) is 32.6 Å². The standard InChI is InChI=1S/C14H26N2O/c1-2-12-5-3-4-6-13(12)14(17)11-16-9-7-15-8-10-16/h12-13,15H,2-11H2,1H3. The molecule has 0 amide bonds. The van der Waals surface area contributed by atoms with Gasteiger partial charge in [0.15, 0.2) is 0 Å². The second-order valence-corrected chi connectivity index (χ2v) is 5.55.